The predicted octanol–water partition coefficient (Wildman–Crippen LogP) is 2.59. The standard InChI is InChI=1S/C21H22N4O4/c1-14-3-4-15(12-22-14)11-19(26)25-9-10-28-18(13-25)20-23-21(29-24-20)16-5-7-17(27-2)8-6-16/h3-8,12,18H,9-11,13H2,1-2H3/t18-/m1/s1. The number of aromatic nitrogens is 3. The van der Waals surface area contributed by atoms with Gasteiger partial charge in [0.05, 0.1) is 26.7 Å². The van der Waals surface area contributed by atoms with Crippen molar-refractivity contribution in [2.75, 3.05) is 26.8 Å². The number of pyridine rings is 1. The van der Waals surface area contributed by atoms with E-state index in [-0.39, 0.29) is 5.91 Å². The number of amides is 1. The molecule has 0 unspecified atom stereocenters. The molecule has 1 aliphatic rings. The van der Waals surface area contributed by atoms with Crippen LogP contribution in [0.4, 0.5) is 0 Å². The summed E-state index contributed by atoms with van der Waals surface area (Å²) >= 11 is 0. The molecule has 1 aromatic carbocycles. The maximum Gasteiger partial charge on any atom is 0.258 e. The molecule has 1 atom stereocenters. The Labute approximate surface area is 168 Å². The quantitative estimate of drug-likeness (QED) is 0.657. The number of carbonyl (C=O) groups is 1. The number of rotatable bonds is 5. The van der Waals surface area contributed by atoms with Crippen LogP contribution in [0.1, 0.15) is 23.2 Å². The van der Waals surface area contributed by atoms with Gasteiger partial charge in [-0.15, -0.1) is 0 Å². The minimum Gasteiger partial charge on any atom is -0.497 e. The molecule has 0 spiro atoms. The van der Waals surface area contributed by atoms with Crippen molar-refractivity contribution in [3.8, 4) is 17.2 Å². The van der Waals surface area contributed by atoms with E-state index < -0.39 is 6.10 Å². The Balaban J connectivity index is 1.42. The molecule has 2 aromatic heterocycles. The first-order chi connectivity index (χ1) is 14.1. The monoisotopic (exact) mass is 394 g/mol. The maximum absolute atomic E-state index is 12.7. The first kappa shape index (κ1) is 19.1. The van der Waals surface area contributed by atoms with Gasteiger partial charge in [-0.1, -0.05) is 11.2 Å². The molecular formula is C21H22N4O4. The minimum absolute atomic E-state index is 0.0304. The zero-order valence-corrected chi connectivity index (χ0v) is 16.4. The summed E-state index contributed by atoms with van der Waals surface area (Å²) in [4.78, 5) is 23.2. The molecule has 8 nitrogen and oxygen atoms in total. The number of nitrogens with zero attached hydrogens (tertiary/aromatic N) is 4. The van der Waals surface area contributed by atoms with E-state index in [4.69, 9.17) is 14.0 Å². The van der Waals surface area contributed by atoms with Crippen LogP contribution in [0.25, 0.3) is 11.5 Å². The normalized spacial score (nSPS) is 16.6. The summed E-state index contributed by atoms with van der Waals surface area (Å²) in [5.41, 5.74) is 2.61. The Morgan fingerprint density at radius 1 is 1.24 bits per heavy atom. The molecule has 8 heteroatoms. The van der Waals surface area contributed by atoms with Gasteiger partial charge in [-0.05, 0) is 42.8 Å². The average molecular weight is 394 g/mol. The van der Waals surface area contributed by atoms with Crippen molar-refractivity contribution in [2.45, 2.75) is 19.4 Å². The van der Waals surface area contributed by atoms with Crippen molar-refractivity contribution in [1.29, 1.82) is 0 Å². The van der Waals surface area contributed by atoms with Crippen LogP contribution in [-0.4, -0.2) is 52.7 Å². The zero-order valence-electron chi connectivity index (χ0n) is 16.4. The van der Waals surface area contributed by atoms with Crippen molar-refractivity contribution in [1.82, 2.24) is 20.0 Å². The molecule has 0 N–H and O–H groups in total. The lowest BCUT2D eigenvalue weighted by atomic mass is 10.1. The zero-order chi connectivity index (χ0) is 20.2. The molecule has 3 heterocycles. The summed E-state index contributed by atoms with van der Waals surface area (Å²) < 4.78 is 16.3. The summed E-state index contributed by atoms with van der Waals surface area (Å²) in [7, 11) is 1.61. The van der Waals surface area contributed by atoms with Gasteiger partial charge in [0.15, 0.2) is 0 Å². The minimum atomic E-state index is -0.417. The first-order valence-electron chi connectivity index (χ1n) is 9.41. The van der Waals surface area contributed by atoms with E-state index in [1.165, 1.54) is 0 Å². The molecular weight excluding hydrogens is 372 g/mol. The molecule has 150 valence electrons. The van der Waals surface area contributed by atoms with Crippen molar-refractivity contribution in [3.63, 3.8) is 0 Å². The van der Waals surface area contributed by atoms with Gasteiger partial charge in [0.1, 0.15) is 11.9 Å². The molecule has 0 aliphatic carbocycles. The fourth-order valence-electron chi connectivity index (χ4n) is 3.14. The molecule has 3 aromatic rings. The highest BCUT2D eigenvalue weighted by molar-refractivity contribution is 5.78. The van der Waals surface area contributed by atoms with Gasteiger partial charge < -0.3 is 18.9 Å². The Morgan fingerprint density at radius 3 is 2.79 bits per heavy atom. The largest absolute Gasteiger partial charge is 0.497 e. The van der Waals surface area contributed by atoms with E-state index >= 15 is 0 Å². The van der Waals surface area contributed by atoms with Gasteiger partial charge >= 0.3 is 0 Å². The third-order valence-electron chi connectivity index (χ3n) is 4.81. The van der Waals surface area contributed by atoms with Gasteiger partial charge in [0.2, 0.25) is 11.7 Å². The molecule has 29 heavy (non-hydrogen) atoms. The van der Waals surface area contributed by atoms with Crippen LogP contribution in [0.3, 0.4) is 0 Å². The van der Waals surface area contributed by atoms with Crippen LogP contribution in [-0.2, 0) is 16.0 Å². The van der Waals surface area contributed by atoms with E-state index in [2.05, 4.69) is 15.1 Å². The summed E-state index contributed by atoms with van der Waals surface area (Å²) in [6, 6.07) is 11.2. The lowest BCUT2D eigenvalue weighted by molar-refractivity contribution is -0.138. The molecule has 0 radical (unpaired) electrons. The van der Waals surface area contributed by atoms with Gasteiger partial charge in [-0.2, -0.15) is 4.98 Å². The highest BCUT2D eigenvalue weighted by atomic mass is 16.5. The van der Waals surface area contributed by atoms with Gasteiger partial charge in [-0.25, -0.2) is 0 Å². The van der Waals surface area contributed by atoms with Crippen molar-refractivity contribution < 1.29 is 18.8 Å². The SMILES string of the molecule is COc1ccc(-c2nc([C@H]3CN(C(=O)Cc4ccc(C)nc4)CCO3)no2)cc1. The number of carbonyl (C=O) groups excluding carboxylic acids is 1. The molecule has 0 saturated carbocycles. The molecule has 1 amide bonds. The van der Waals surface area contributed by atoms with E-state index in [1.54, 1.807) is 18.2 Å². The van der Waals surface area contributed by atoms with E-state index in [9.17, 15) is 4.79 Å². The number of aryl methyl sites for hydroxylation is 1. The van der Waals surface area contributed by atoms with Gasteiger partial charge in [0.25, 0.3) is 5.89 Å². The molecule has 4 rings (SSSR count). The number of methoxy groups -OCH3 is 1. The third kappa shape index (κ3) is 4.43. The van der Waals surface area contributed by atoms with Gasteiger partial charge in [0, 0.05) is 24.0 Å². The van der Waals surface area contributed by atoms with Crippen molar-refractivity contribution >= 4 is 5.91 Å². The fourth-order valence-corrected chi connectivity index (χ4v) is 3.14. The third-order valence-corrected chi connectivity index (χ3v) is 4.81. The number of morpholine rings is 1. The van der Waals surface area contributed by atoms with E-state index in [0.717, 1.165) is 22.6 Å². The highest BCUT2D eigenvalue weighted by Crippen LogP contribution is 2.25. The Hall–Kier alpha value is -3.26. The topological polar surface area (TPSA) is 90.6 Å². The summed E-state index contributed by atoms with van der Waals surface area (Å²) in [5, 5.41) is 4.06. The molecule has 1 aliphatic heterocycles. The Kier molecular flexibility index (Phi) is 5.53. The average Bonchev–Trinajstić information content (AvgIpc) is 3.26. The molecule has 1 fully saturated rings. The van der Waals surface area contributed by atoms with Crippen LogP contribution in [0.5, 0.6) is 5.75 Å². The lowest BCUT2D eigenvalue weighted by Crippen LogP contribution is -2.43. The smallest absolute Gasteiger partial charge is 0.258 e. The second kappa shape index (κ2) is 8.40. The number of hydrogen-bond donors (Lipinski definition) is 0. The summed E-state index contributed by atoms with van der Waals surface area (Å²) in [5.74, 6) is 1.62. The van der Waals surface area contributed by atoms with Crippen LogP contribution in [0, 0.1) is 6.92 Å². The van der Waals surface area contributed by atoms with Crippen molar-refractivity contribution in [3.05, 3.63) is 59.7 Å². The second-order valence-electron chi connectivity index (χ2n) is 6.87. The van der Waals surface area contributed by atoms with Crippen LogP contribution >= 0.6 is 0 Å². The summed E-state index contributed by atoms with van der Waals surface area (Å²) in [6.45, 7) is 3.27. The lowest BCUT2D eigenvalue weighted by Gasteiger charge is -2.31. The van der Waals surface area contributed by atoms with E-state index in [1.807, 2.05) is 43.3 Å². The maximum atomic E-state index is 12.7. The predicted molar refractivity (Wildman–Crippen MR) is 104 cm³/mol. The van der Waals surface area contributed by atoms with Crippen LogP contribution < -0.4 is 4.74 Å². The molecule has 0 bridgehead atoms. The highest BCUT2D eigenvalue weighted by Gasteiger charge is 2.29. The number of hydrogen-bond acceptors (Lipinski definition) is 7. The molecule has 1 saturated heterocycles. The van der Waals surface area contributed by atoms with Gasteiger partial charge in [-0.3, -0.25) is 9.78 Å². The fraction of sp³-hybridized carbons (Fsp3) is 0.333. The van der Waals surface area contributed by atoms with Crippen LogP contribution in [0.15, 0.2) is 47.1 Å². The van der Waals surface area contributed by atoms with Crippen molar-refractivity contribution in [2.24, 2.45) is 0 Å². The number of ether oxygens (including phenoxy) is 2. The Morgan fingerprint density at radius 2 is 2.07 bits per heavy atom. The number of benzene rings is 1. The van der Waals surface area contributed by atoms with Crippen LogP contribution in [0.2, 0.25) is 0 Å². The Bertz CT molecular complexity index is 969. The second-order valence-corrected chi connectivity index (χ2v) is 6.87. The van der Waals surface area contributed by atoms with E-state index in [0.29, 0.717) is 37.8 Å². The first-order valence-corrected chi connectivity index (χ1v) is 9.41. The summed E-state index contributed by atoms with van der Waals surface area (Å²) in [6.07, 6.45) is 1.63.